The van der Waals surface area contributed by atoms with Gasteiger partial charge in [-0.2, -0.15) is 0 Å². The second-order valence-electron chi connectivity index (χ2n) is 6.11. The second kappa shape index (κ2) is 6.10. The summed E-state index contributed by atoms with van der Waals surface area (Å²) >= 11 is 0. The van der Waals surface area contributed by atoms with E-state index in [2.05, 4.69) is 34.9 Å². The monoisotopic (exact) mass is 285 g/mol. The number of aliphatic hydroxyl groups excluding tert-OH is 1. The number of likely N-dealkylation sites (N-methyl/N-ethyl adjacent to an activating group) is 2. The van der Waals surface area contributed by atoms with Crippen molar-refractivity contribution in [2.75, 3.05) is 33.7 Å². The van der Waals surface area contributed by atoms with Crippen LogP contribution in [0.5, 0.6) is 0 Å². The SMILES string of the molecule is CN1CCN(C)C(CC(O)c2cnc3ccccc3c2)C1. The highest BCUT2D eigenvalue weighted by molar-refractivity contribution is 5.78. The third-order valence-corrected chi connectivity index (χ3v) is 4.47. The Hall–Kier alpha value is -1.49. The molecule has 2 heterocycles. The highest BCUT2D eigenvalue weighted by Gasteiger charge is 2.25. The molecule has 3 rings (SSSR count). The molecule has 112 valence electrons. The molecule has 4 nitrogen and oxygen atoms in total. The molecule has 1 saturated heterocycles. The maximum atomic E-state index is 10.6. The van der Waals surface area contributed by atoms with E-state index in [-0.39, 0.29) is 0 Å². The highest BCUT2D eigenvalue weighted by Crippen LogP contribution is 2.24. The fraction of sp³-hybridized carbons (Fsp3) is 0.471. The Morgan fingerprint density at radius 2 is 2.10 bits per heavy atom. The Balaban J connectivity index is 1.75. The van der Waals surface area contributed by atoms with E-state index in [9.17, 15) is 5.11 Å². The van der Waals surface area contributed by atoms with E-state index in [1.54, 1.807) is 6.20 Å². The summed E-state index contributed by atoms with van der Waals surface area (Å²) in [7, 11) is 4.28. The van der Waals surface area contributed by atoms with E-state index in [1.807, 2.05) is 24.3 Å². The predicted octanol–water partition coefficient (Wildman–Crippen LogP) is 1.90. The summed E-state index contributed by atoms with van der Waals surface area (Å²) in [5, 5.41) is 11.6. The van der Waals surface area contributed by atoms with Crippen molar-refractivity contribution in [1.29, 1.82) is 0 Å². The van der Waals surface area contributed by atoms with Gasteiger partial charge in [0.1, 0.15) is 0 Å². The van der Waals surface area contributed by atoms with Crippen molar-refractivity contribution in [3.05, 3.63) is 42.1 Å². The van der Waals surface area contributed by atoms with Gasteiger partial charge in [0.2, 0.25) is 0 Å². The van der Waals surface area contributed by atoms with Crippen molar-refractivity contribution < 1.29 is 5.11 Å². The molecule has 1 fully saturated rings. The van der Waals surface area contributed by atoms with Gasteiger partial charge in [-0.15, -0.1) is 0 Å². The molecule has 2 atom stereocenters. The van der Waals surface area contributed by atoms with Crippen LogP contribution in [-0.4, -0.2) is 59.7 Å². The van der Waals surface area contributed by atoms with Gasteiger partial charge in [0, 0.05) is 37.3 Å². The third kappa shape index (κ3) is 3.23. The number of aliphatic hydroxyl groups is 1. The van der Waals surface area contributed by atoms with Gasteiger partial charge in [0.05, 0.1) is 11.6 Å². The summed E-state index contributed by atoms with van der Waals surface area (Å²) in [5.74, 6) is 0. The number of fused-ring (bicyclic) bond motifs is 1. The number of benzene rings is 1. The smallest absolute Gasteiger partial charge is 0.0820 e. The normalized spacial score (nSPS) is 22.5. The molecule has 2 aromatic rings. The molecule has 0 radical (unpaired) electrons. The van der Waals surface area contributed by atoms with Crippen LogP contribution in [0.1, 0.15) is 18.1 Å². The molecule has 0 amide bonds. The number of piperazine rings is 1. The molecule has 2 unspecified atom stereocenters. The lowest BCUT2D eigenvalue weighted by atomic mass is 9.99. The summed E-state index contributed by atoms with van der Waals surface area (Å²) in [6, 6.07) is 10.5. The summed E-state index contributed by atoms with van der Waals surface area (Å²) in [5.41, 5.74) is 1.89. The van der Waals surface area contributed by atoms with Gasteiger partial charge in [-0.05, 0) is 38.2 Å². The van der Waals surface area contributed by atoms with Crippen LogP contribution < -0.4 is 0 Å². The average Bonchev–Trinajstić information content (AvgIpc) is 2.50. The molecule has 0 saturated carbocycles. The topological polar surface area (TPSA) is 39.6 Å². The molecule has 0 aliphatic carbocycles. The Labute approximate surface area is 126 Å². The van der Waals surface area contributed by atoms with Crippen molar-refractivity contribution in [1.82, 2.24) is 14.8 Å². The van der Waals surface area contributed by atoms with E-state index in [4.69, 9.17) is 0 Å². The van der Waals surface area contributed by atoms with Crippen LogP contribution in [0.25, 0.3) is 10.9 Å². The van der Waals surface area contributed by atoms with Crippen molar-refractivity contribution in [2.24, 2.45) is 0 Å². The molecule has 21 heavy (non-hydrogen) atoms. The van der Waals surface area contributed by atoms with E-state index in [1.165, 1.54) is 0 Å². The standard InChI is InChI=1S/C17H23N3O/c1-19-7-8-20(2)15(12-19)10-17(21)14-9-13-5-3-4-6-16(13)18-11-14/h3-6,9,11,15,17,21H,7-8,10,12H2,1-2H3. The van der Waals surface area contributed by atoms with Gasteiger partial charge in [-0.3, -0.25) is 4.98 Å². The fourth-order valence-electron chi connectivity index (χ4n) is 3.02. The average molecular weight is 285 g/mol. The van der Waals surface area contributed by atoms with E-state index < -0.39 is 6.10 Å². The number of aromatic nitrogens is 1. The zero-order valence-electron chi connectivity index (χ0n) is 12.7. The van der Waals surface area contributed by atoms with Gasteiger partial charge >= 0.3 is 0 Å². The van der Waals surface area contributed by atoms with Crippen molar-refractivity contribution in [2.45, 2.75) is 18.6 Å². The molecule has 4 heteroatoms. The van der Waals surface area contributed by atoms with Crippen LogP contribution in [-0.2, 0) is 0 Å². The molecule has 1 aromatic carbocycles. The molecular formula is C17H23N3O. The van der Waals surface area contributed by atoms with Crippen molar-refractivity contribution >= 4 is 10.9 Å². The molecule has 0 bridgehead atoms. The summed E-state index contributed by atoms with van der Waals surface area (Å²) < 4.78 is 0. The van der Waals surface area contributed by atoms with Crippen LogP contribution in [0.15, 0.2) is 36.5 Å². The molecule has 1 aromatic heterocycles. The Morgan fingerprint density at radius 3 is 2.95 bits per heavy atom. The number of rotatable bonds is 3. The highest BCUT2D eigenvalue weighted by atomic mass is 16.3. The van der Waals surface area contributed by atoms with Crippen molar-refractivity contribution in [3.63, 3.8) is 0 Å². The first-order valence-electron chi connectivity index (χ1n) is 7.55. The lowest BCUT2D eigenvalue weighted by Gasteiger charge is -2.38. The van der Waals surface area contributed by atoms with Crippen LogP contribution in [0, 0.1) is 0 Å². The van der Waals surface area contributed by atoms with E-state index in [0.29, 0.717) is 6.04 Å². The maximum Gasteiger partial charge on any atom is 0.0820 e. The zero-order chi connectivity index (χ0) is 14.8. The number of hydrogen-bond acceptors (Lipinski definition) is 4. The zero-order valence-corrected chi connectivity index (χ0v) is 12.7. The summed E-state index contributed by atoms with van der Waals surface area (Å²) in [6.07, 6.45) is 2.10. The first-order chi connectivity index (χ1) is 10.1. The lowest BCUT2D eigenvalue weighted by molar-refractivity contribution is 0.0634. The molecule has 1 aliphatic rings. The number of nitrogens with zero attached hydrogens (tertiary/aromatic N) is 3. The van der Waals surface area contributed by atoms with Crippen LogP contribution in [0.2, 0.25) is 0 Å². The third-order valence-electron chi connectivity index (χ3n) is 4.47. The lowest BCUT2D eigenvalue weighted by Crippen LogP contribution is -2.50. The van der Waals surface area contributed by atoms with Gasteiger partial charge < -0.3 is 14.9 Å². The molecule has 0 spiro atoms. The van der Waals surface area contributed by atoms with Gasteiger partial charge in [-0.1, -0.05) is 18.2 Å². The molecular weight excluding hydrogens is 262 g/mol. The van der Waals surface area contributed by atoms with E-state index >= 15 is 0 Å². The Morgan fingerprint density at radius 1 is 1.29 bits per heavy atom. The quantitative estimate of drug-likeness (QED) is 0.935. The first-order valence-corrected chi connectivity index (χ1v) is 7.55. The maximum absolute atomic E-state index is 10.6. The molecule has 1 aliphatic heterocycles. The number of hydrogen-bond donors (Lipinski definition) is 1. The summed E-state index contributed by atoms with van der Waals surface area (Å²) in [4.78, 5) is 9.12. The van der Waals surface area contributed by atoms with Gasteiger partial charge in [0.25, 0.3) is 0 Å². The van der Waals surface area contributed by atoms with Crippen LogP contribution in [0.4, 0.5) is 0 Å². The fourth-order valence-corrected chi connectivity index (χ4v) is 3.02. The first kappa shape index (κ1) is 14.4. The van der Waals surface area contributed by atoms with Crippen LogP contribution in [0.3, 0.4) is 0 Å². The minimum atomic E-state index is -0.457. The Bertz CT molecular complexity index is 616. The predicted molar refractivity (Wildman–Crippen MR) is 85.2 cm³/mol. The van der Waals surface area contributed by atoms with Crippen LogP contribution >= 0.6 is 0 Å². The number of pyridine rings is 1. The van der Waals surface area contributed by atoms with E-state index in [0.717, 1.165) is 42.5 Å². The molecule has 1 N–H and O–H groups in total. The Kier molecular flexibility index (Phi) is 4.19. The van der Waals surface area contributed by atoms with Gasteiger partial charge in [-0.25, -0.2) is 0 Å². The number of para-hydroxylation sites is 1. The largest absolute Gasteiger partial charge is 0.388 e. The summed E-state index contributed by atoms with van der Waals surface area (Å²) in [6.45, 7) is 3.17. The van der Waals surface area contributed by atoms with Gasteiger partial charge in [0.15, 0.2) is 0 Å². The minimum Gasteiger partial charge on any atom is -0.388 e. The minimum absolute atomic E-state index is 0.394. The second-order valence-corrected chi connectivity index (χ2v) is 6.11. The van der Waals surface area contributed by atoms with Crippen molar-refractivity contribution in [3.8, 4) is 0 Å².